The molecule has 54 heavy (non-hydrogen) atoms. The average molecular weight is 786 g/mol. The van der Waals surface area contributed by atoms with Gasteiger partial charge in [0.2, 0.25) is 11.9 Å². The maximum Gasteiger partial charge on any atom is 0.357 e. The number of anilines is 5. The van der Waals surface area contributed by atoms with Crippen molar-refractivity contribution in [3.63, 3.8) is 0 Å². The van der Waals surface area contributed by atoms with E-state index in [9.17, 15) is 46.3 Å². The highest BCUT2D eigenvalue weighted by Crippen LogP contribution is 2.48. The second kappa shape index (κ2) is 15.5. The molecule has 0 bridgehead atoms. The van der Waals surface area contributed by atoms with Crippen molar-refractivity contribution in [1.29, 1.82) is 0 Å². The molecule has 282 valence electrons. The second-order valence-electron chi connectivity index (χ2n) is 10.5. The van der Waals surface area contributed by atoms with E-state index < -0.39 is 70.9 Å². The van der Waals surface area contributed by atoms with Crippen molar-refractivity contribution >= 4 is 83.5 Å². The lowest BCUT2D eigenvalue weighted by atomic mass is 10.0. The van der Waals surface area contributed by atoms with Gasteiger partial charge in [0.05, 0.1) is 41.6 Å². The first-order valence-corrected chi connectivity index (χ1v) is 17.7. The molecular formula is C30H27N9O13S2. The van der Waals surface area contributed by atoms with Gasteiger partial charge in [0.25, 0.3) is 0 Å². The number of ether oxygens (including phenoxy) is 2. The van der Waals surface area contributed by atoms with E-state index in [-0.39, 0.29) is 52.7 Å². The minimum absolute atomic E-state index is 0.0559. The number of azo groups is 1. The highest BCUT2D eigenvalue weighted by atomic mass is 32.2. The zero-order valence-corrected chi connectivity index (χ0v) is 29.2. The molecule has 24 heteroatoms. The van der Waals surface area contributed by atoms with Gasteiger partial charge in [-0.15, -0.1) is 10.2 Å². The van der Waals surface area contributed by atoms with Crippen LogP contribution in [0.2, 0.25) is 0 Å². The Morgan fingerprint density at radius 1 is 0.870 bits per heavy atom. The van der Waals surface area contributed by atoms with E-state index in [2.05, 4.69) is 40.1 Å². The summed E-state index contributed by atoms with van der Waals surface area (Å²) in [5, 5.41) is 43.4. The number of nitrogens with two attached hydrogens (primary N) is 1. The van der Waals surface area contributed by atoms with E-state index in [1.54, 1.807) is 29.8 Å². The zero-order chi connectivity index (χ0) is 39.4. The summed E-state index contributed by atoms with van der Waals surface area (Å²) in [7, 11) is -8.47. The number of phenols is 1. The smallest absolute Gasteiger partial charge is 0.357 e. The number of carboxylic acid groups (broad SMARTS) is 2. The minimum Gasteiger partial charge on any atom is -0.505 e. The van der Waals surface area contributed by atoms with Crippen LogP contribution in [0.15, 0.2) is 75.8 Å². The van der Waals surface area contributed by atoms with Gasteiger partial charge >= 0.3 is 38.4 Å². The third-order valence-electron chi connectivity index (χ3n) is 7.06. The quantitative estimate of drug-likeness (QED) is 0.0418. The Morgan fingerprint density at radius 2 is 1.56 bits per heavy atom. The Hall–Kier alpha value is -6.73. The number of aromatic hydroxyl groups is 1. The van der Waals surface area contributed by atoms with Gasteiger partial charge in [0.15, 0.2) is 11.4 Å². The fourth-order valence-electron chi connectivity index (χ4n) is 4.86. The highest BCUT2D eigenvalue weighted by Gasteiger charge is 2.26. The van der Waals surface area contributed by atoms with Gasteiger partial charge in [0, 0.05) is 11.1 Å². The summed E-state index contributed by atoms with van der Waals surface area (Å²) in [5.41, 5.74) is -2.20. The summed E-state index contributed by atoms with van der Waals surface area (Å²) in [4.78, 5) is 35.1. The summed E-state index contributed by atoms with van der Waals surface area (Å²) in [6, 6.07) is 12.4. The Morgan fingerprint density at radius 3 is 2.19 bits per heavy atom. The normalized spacial score (nSPS) is 11.7. The monoisotopic (exact) mass is 785 g/mol. The van der Waals surface area contributed by atoms with Crippen LogP contribution >= 0.6 is 0 Å². The van der Waals surface area contributed by atoms with E-state index in [0.717, 1.165) is 30.3 Å². The van der Waals surface area contributed by atoms with Crippen molar-refractivity contribution in [2.75, 3.05) is 29.1 Å². The van der Waals surface area contributed by atoms with Crippen LogP contribution in [0.1, 0.15) is 27.6 Å². The number of nitrogens with zero attached hydrogens (tertiary/aromatic N) is 5. The second-order valence-corrected chi connectivity index (χ2v) is 13.2. The lowest BCUT2D eigenvalue weighted by Crippen LogP contribution is -2.13. The lowest BCUT2D eigenvalue weighted by Gasteiger charge is -2.17. The third-order valence-corrected chi connectivity index (χ3v) is 8.69. The molecule has 0 amide bonds. The first-order chi connectivity index (χ1) is 25.5. The van der Waals surface area contributed by atoms with Crippen LogP contribution in [0, 0.1) is 0 Å². The number of hydrogen-bond donors (Lipinski definition) is 8. The molecule has 1 aromatic heterocycles. The average Bonchev–Trinajstić information content (AvgIpc) is 3.10. The predicted molar refractivity (Wildman–Crippen MR) is 188 cm³/mol. The number of phenolic OH excluding ortho intramolecular Hbond substituents is 1. The fraction of sp³-hybridized carbons (Fsp3) is 0.100. The maximum atomic E-state index is 12.9. The molecule has 1 heterocycles. The lowest BCUT2D eigenvalue weighted by molar-refractivity contribution is 0.0651. The van der Waals surface area contributed by atoms with Crippen molar-refractivity contribution in [1.82, 2.24) is 15.0 Å². The van der Waals surface area contributed by atoms with Crippen LogP contribution in [0.5, 0.6) is 17.5 Å². The SMILES string of the molecule is CCOc1nc(Nc2ccc(C(=O)O)c(C(=O)O)c2)nc(Nc2ccc(S(=O)(=O)ON)c3cc(NS(=O)(=O)O)c(N=Nc4ccccc4OC)c(O)c23)n1. The van der Waals surface area contributed by atoms with Crippen molar-refractivity contribution in [2.24, 2.45) is 16.1 Å². The largest absolute Gasteiger partial charge is 0.505 e. The van der Waals surface area contributed by atoms with Crippen molar-refractivity contribution in [2.45, 2.75) is 11.8 Å². The van der Waals surface area contributed by atoms with Gasteiger partial charge in [-0.3, -0.25) is 9.27 Å². The van der Waals surface area contributed by atoms with Crippen LogP contribution in [-0.4, -0.2) is 77.3 Å². The maximum absolute atomic E-state index is 12.9. The van der Waals surface area contributed by atoms with Crippen LogP contribution in [0.25, 0.3) is 10.8 Å². The van der Waals surface area contributed by atoms with E-state index in [4.69, 9.17) is 15.4 Å². The van der Waals surface area contributed by atoms with Crippen LogP contribution in [0.3, 0.4) is 0 Å². The van der Waals surface area contributed by atoms with Crippen molar-refractivity contribution in [3.05, 3.63) is 71.8 Å². The Balaban J connectivity index is 1.71. The van der Waals surface area contributed by atoms with Gasteiger partial charge in [0.1, 0.15) is 16.3 Å². The number of fused-ring (bicyclic) bond motifs is 1. The van der Waals surface area contributed by atoms with Crippen LogP contribution < -0.4 is 30.7 Å². The van der Waals surface area contributed by atoms with Gasteiger partial charge in [-0.25, -0.2) is 9.59 Å². The van der Waals surface area contributed by atoms with Crippen LogP contribution in [-0.2, 0) is 24.7 Å². The molecule has 0 fully saturated rings. The molecule has 22 nitrogen and oxygen atoms in total. The van der Waals surface area contributed by atoms with Gasteiger partial charge in [-0.2, -0.15) is 42.0 Å². The third kappa shape index (κ3) is 8.48. The first-order valence-electron chi connectivity index (χ1n) is 14.8. The number of hydrogen-bond acceptors (Lipinski definition) is 18. The number of carbonyl (C=O) groups is 2. The van der Waals surface area contributed by atoms with E-state index in [1.165, 1.54) is 19.2 Å². The molecule has 0 atom stereocenters. The zero-order valence-electron chi connectivity index (χ0n) is 27.6. The molecule has 0 saturated heterocycles. The number of aromatic carboxylic acids is 2. The molecule has 5 aromatic rings. The van der Waals surface area contributed by atoms with E-state index in [0.29, 0.717) is 0 Å². The summed E-state index contributed by atoms with van der Waals surface area (Å²) >= 11 is 0. The molecule has 0 aliphatic rings. The standard InChI is InChI=1S/C30H27N9O13S2/c1-3-51-30-35-28(32-14-8-9-15(26(41)42)16(12-14)27(43)44)34-29(36-30)33-19-10-11-22(53(45,46)52-31)17-13-20(39-54(47,48)49)24(25(40)23(17)19)38-37-18-6-4-5-7-21(18)50-2/h4-13,39-40H,3,31H2,1-2H3,(H,41,42)(H,43,44)(H,47,48,49)(H2,32,33,34,35,36). The fourth-order valence-corrected chi connectivity index (χ4v) is 6.06. The van der Waals surface area contributed by atoms with E-state index >= 15 is 0 Å². The number of para-hydroxylation sites is 1. The molecule has 0 spiro atoms. The topological polar surface area (TPSA) is 337 Å². The molecule has 0 saturated carbocycles. The number of methoxy groups -OCH3 is 1. The van der Waals surface area contributed by atoms with Crippen LogP contribution in [0.4, 0.5) is 40.3 Å². The van der Waals surface area contributed by atoms with Gasteiger partial charge < -0.3 is 35.4 Å². The summed E-state index contributed by atoms with van der Waals surface area (Å²) < 4.78 is 76.0. The van der Waals surface area contributed by atoms with Gasteiger partial charge in [-0.1, -0.05) is 12.1 Å². The Kier molecular flexibility index (Phi) is 11.0. The number of rotatable bonds is 15. The first kappa shape index (κ1) is 38.5. The highest BCUT2D eigenvalue weighted by molar-refractivity contribution is 7.87. The number of nitrogens with one attached hydrogen (secondary N) is 3. The molecule has 0 aliphatic carbocycles. The number of aromatic nitrogens is 3. The molecule has 4 aromatic carbocycles. The van der Waals surface area contributed by atoms with Crippen molar-refractivity contribution in [3.8, 4) is 17.5 Å². The van der Waals surface area contributed by atoms with E-state index in [1.807, 2.05) is 0 Å². The summed E-state index contributed by atoms with van der Waals surface area (Å²) in [5.74, 6) is 0.859. The molecule has 5 rings (SSSR count). The molecule has 0 aliphatic heterocycles. The predicted octanol–water partition coefficient (Wildman–Crippen LogP) is 4.23. The molecule has 0 unspecified atom stereocenters. The molecule has 0 radical (unpaired) electrons. The minimum atomic E-state index is -5.07. The Labute approximate surface area is 304 Å². The molecule has 9 N–H and O–H groups in total. The number of carboxylic acids is 2. The summed E-state index contributed by atoms with van der Waals surface area (Å²) in [6.45, 7) is 1.69. The Bertz CT molecular complexity index is 2550. The van der Waals surface area contributed by atoms with Gasteiger partial charge in [-0.05, 0) is 55.5 Å². The molecular weight excluding hydrogens is 759 g/mol. The summed E-state index contributed by atoms with van der Waals surface area (Å²) in [6.07, 6.45) is 0. The number of benzene rings is 4. The van der Waals surface area contributed by atoms with Crippen molar-refractivity contribution < 1.29 is 60.1 Å².